The Kier molecular flexibility index (Phi) is 4.55. The first-order valence-electron chi connectivity index (χ1n) is 6.68. The summed E-state index contributed by atoms with van der Waals surface area (Å²) in [6.07, 6.45) is 0. The zero-order chi connectivity index (χ0) is 14.9. The van der Waals surface area contributed by atoms with Gasteiger partial charge in [-0.05, 0) is 55.0 Å². The van der Waals surface area contributed by atoms with Crippen molar-refractivity contribution < 1.29 is 5.21 Å². The van der Waals surface area contributed by atoms with E-state index < -0.39 is 0 Å². The highest BCUT2D eigenvalue weighted by atomic mass is 79.9. The molecule has 2 atom stereocenters. The molecule has 5 nitrogen and oxygen atoms in total. The Morgan fingerprint density at radius 3 is 2.45 bits per heavy atom. The van der Waals surface area contributed by atoms with Crippen LogP contribution in [0.25, 0.3) is 0 Å². The summed E-state index contributed by atoms with van der Waals surface area (Å²) in [6, 6.07) is 6.95. The number of nitrogens with zero attached hydrogens (tertiary/aromatic N) is 3. The maximum atomic E-state index is 8.76. The largest absolute Gasteiger partial charge is 0.409 e. The predicted molar refractivity (Wildman–Crippen MR) is 85.6 cm³/mol. The molecule has 0 bridgehead atoms. The SMILES string of the molecule is CC1CN(c2ccc(/C(N)=N/O)c(Br)c2)CC(C)N1C. The number of halogens is 1. The first-order valence-corrected chi connectivity index (χ1v) is 7.47. The van der Waals surface area contributed by atoms with E-state index in [0.717, 1.165) is 23.2 Å². The Hall–Kier alpha value is -1.27. The molecule has 1 saturated heterocycles. The Morgan fingerprint density at radius 2 is 1.95 bits per heavy atom. The zero-order valence-corrected chi connectivity index (χ0v) is 13.6. The van der Waals surface area contributed by atoms with Crippen LogP contribution in [0.5, 0.6) is 0 Å². The lowest BCUT2D eigenvalue weighted by Crippen LogP contribution is -2.55. The molecule has 0 spiro atoms. The number of amidine groups is 1. The van der Waals surface area contributed by atoms with E-state index in [1.54, 1.807) is 0 Å². The second kappa shape index (κ2) is 6.01. The number of benzene rings is 1. The van der Waals surface area contributed by atoms with Gasteiger partial charge in [-0.3, -0.25) is 4.90 Å². The van der Waals surface area contributed by atoms with Crippen LogP contribution in [0.1, 0.15) is 19.4 Å². The van der Waals surface area contributed by atoms with E-state index in [-0.39, 0.29) is 5.84 Å². The lowest BCUT2D eigenvalue weighted by molar-refractivity contribution is 0.170. The molecule has 6 heteroatoms. The maximum absolute atomic E-state index is 8.76. The summed E-state index contributed by atoms with van der Waals surface area (Å²) < 4.78 is 0.838. The molecule has 1 heterocycles. The topological polar surface area (TPSA) is 65.1 Å². The number of hydrogen-bond acceptors (Lipinski definition) is 4. The molecule has 2 unspecified atom stereocenters. The monoisotopic (exact) mass is 340 g/mol. The van der Waals surface area contributed by atoms with Gasteiger partial charge in [-0.25, -0.2) is 0 Å². The van der Waals surface area contributed by atoms with E-state index in [1.165, 1.54) is 0 Å². The van der Waals surface area contributed by atoms with Crippen LogP contribution in [-0.4, -0.2) is 48.2 Å². The number of piperazine rings is 1. The van der Waals surface area contributed by atoms with Crippen LogP contribution in [0.4, 0.5) is 5.69 Å². The van der Waals surface area contributed by atoms with Gasteiger partial charge >= 0.3 is 0 Å². The Bertz CT molecular complexity index is 508. The van der Waals surface area contributed by atoms with Crippen molar-refractivity contribution in [1.82, 2.24) is 4.90 Å². The van der Waals surface area contributed by atoms with E-state index in [9.17, 15) is 0 Å². The number of oxime groups is 1. The third-order valence-corrected chi connectivity index (χ3v) is 4.72. The molecule has 0 radical (unpaired) electrons. The van der Waals surface area contributed by atoms with Crippen LogP contribution in [0.3, 0.4) is 0 Å². The Balaban J connectivity index is 2.24. The van der Waals surface area contributed by atoms with Crippen molar-refractivity contribution in [3.05, 3.63) is 28.2 Å². The summed E-state index contributed by atoms with van der Waals surface area (Å²) in [4.78, 5) is 4.77. The standard InChI is InChI=1S/C14H21BrN4O/c1-9-7-19(8-10(2)18(9)3)11-4-5-12(13(15)6-11)14(16)17-20/h4-6,9-10,20H,7-8H2,1-3H3,(H2,16,17). The van der Waals surface area contributed by atoms with Gasteiger partial charge in [0.2, 0.25) is 0 Å². The van der Waals surface area contributed by atoms with Crippen molar-refractivity contribution >= 4 is 27.5 Å². The van der Waals surface area contributed by atoms with Crippen molar-refractivity contribution in [2.45, 2.75) is 25.9 Å². The van der Waals surface area contributed by atoms with Crippen molar-refractivity contribution in [3.8, 4) is 0 Å². The molecule has 1 aromatic rings. The second-order valence-corrected chi connectivity index (χ2v) is 6.27. The van der Waals surface area contributed by atoms with Gasteiger partial charge in [0.05, 0.1) is 0 Å². The quantitative estimate of drug-likeness (QED) is 0.374. The molecule has 0 aliphatic carbocycles. The Morgan fingerprint density at radius 1 is 1.35 bits per heavy atom. The molecular formula is C14H21BrN4O. The lowest BCUT2D eigenvalue weighted by atomic mass is 10.1. The van der Waals surface area contributed by atoms with E-state index >= 15 is 0 Å². The number of hydrogen-bond donors (Lipinski definition) is 2. The van der Waals surface area contributed by atoms with Gasteiger partial charge < -0.3 is 15.8 Å². The summed E-state index contributed by atoms with van der Waals surface area (Å²) in [7, 11) is 2.17. The molecule has 3 N–H and O–H groups in total. The van der Waals surface area contributed by atoms with Crippen molar-refractivity contribution in [1.29, 1.82) is 0 Å². The van der Waals surface area contributed by atoms with Crippen molar-refractivity contribution in [2.75, 3.05) is 25.0 Å². The minimum atomic E-state index is 0.114. The fourth-order valence-corrected chi connectivity index (χ4v) is 3.15. The third-order valence-electron chi connectivity index (χ3n) is 4.06. The van der Waals surface area contributed by atoms with Gasteiger partial charge in [-0.2, -0.15) is 0 Å². The smallest absolute Gasteiger partial charge is 0.171 e. The number of nitrogens with two attached hydrogens (primary N) is 1. The predicted octanol–water partition coefficient (Wildman–Crippen LogP) is 2.07. The minimum absolute atomic E-state index is 0.114. The molecule has 1 aromatic carbocycles. The summed E-state index contributed by atoms with van der Waals surface area (Å²) in [5, 5.41) is 11.8. The van der Waals surface area contributed by atoms with Crippen LogP contribution in [0.15, 0.2) is 27.8 Å². The molecule has 2 rings (SSSR count). The molecule has 20 heavy (non-hydrogen) atoms. The van der Waals surface area contributed by atoms with Crippen molar-refractivity contribution in [3.63, 3.8) is 0 Å². The van der Waals surface area contributed by atoms with E-state index in [1.807, 2.05) is 18.2 Å². The average Bonchev–Trinajstić information content (AvgIpc) is 2.43. The Labute approximate surface area is 128 Å². The highest BCUT2D eigenvalue weighted by Gasteiger charge is 2.26. The van der Waals surface area contributed by atoms with Crippen LogP contribution >= 0.6 is 15.9 Å². The number of anilines is 1. The first kappa shape index (κ1) is 15.1. The summed E-state index contributed by atoms with van der Waals surface area (Å²) in [5.74, 6) is 0.114. The highest BCUT2D eigenvalue weighted by Crippen LogP contribution is 2.27. The van der Waals surface area contributed by atoms with Gasteiger partial charge in [0.1, 0.15) is 0 Å². The number of rotatable bonds is 2. The van der Waals surface area contributed by atoms with Crippen LogP contribution in [0, 0.1) is 0 Å². The van der Waals surface area contributed by atoms with Gasteiger partial charge in [0.25, 0.3) is 0 Å². The first-order chi connectivity index (χ1) is 9.43. The normalized spacial score (nSPS) is 25.0. The zero-order valence-electron chi connectivity index (χ0n) is 12.0. The fourth-order valence-electron chi connectivity index (χ4n) is 2.58. The molecule has 0 aromatic heterocycles. The van der Waals surface area contributed by atoms with Gasteiger partial charge in [-0.1, -0.05) is 5.16 Å². The van der Waals surface area contributed by atoms with Crippen molar-refractivity contribution in [2.24, 2.45) is 10.9 Å². The third kappa shape index (κ3) is 2.91. The van der Waals surface area contributed by atoms with Gasteiger partial charge in [0, 0.05) is 40.9 Å². The van der Waals surface area contributed by atoms with Gasteiger partial charge in [0.15, 0.2) is 5.84 Å². The lowest BCUT2D eigenvalue weighted by Gasteiger charge is -2.43. The fraction of sp³-hybridized carbons (Fsp3) is 0.500. The van der Waals surface area contributed by atoms with Gasteiger partial charge in [-0.15, -0.1) is 0 Å². The molecule has 110 valence electrons. The molecule has 1 aliphatic heterocycles. The second-order valence-electron chi connectivity index (χ2n) is 5.42. The summed E-state index contributed by atoms with van der Waals surface area (Å²) in [5.41, 5.74) is 7.49. The molecule has 1 aliphatic rings. The average molecular weight is 341 g/mol. The molecule has 0 saturated carbocycles. The molecular weight excluding hydrogens is 320 g/mol. The van der Waals surface area contributed by atoms with Crippen LogP contribution in [0.2, 0.25) is 0 Å². The van der Waals surface area contributed by atoms with Crippen LogP contribution < -0.4 is 10.6 Å². The molecule has 1 fully saturated rings. The van der Waals surface area contributed by atoms with E-state index in [2.05, 4.69) is 51.8 Å². The minimum Gasteiger partial charge on any atom is -0.409 e. The van der Waals surface area contributed by atoms with E-state index in [0.29, 0.717) is 17.6 Å². The highest BCUT2D eigenvalue weighted by molar-refractivity contribution is 9.10. The summed E-state index contributed by atoms with van der Waals surface area (Å²) >= 11 is 3.49. The maximum Gasteiger partial charge on any atom is 0.171 e. The summed E-state index contributed by atoms with van der Waals surface area (Å²) in [6.45, 7) is 6.47. The number of likely N-dealkylation sites (N-methyl/N-ethyl adjacent to an activating group) is 1. The van der Waals surface area contributed by atoms with E-state index in [4.69, 9.17) is 10.9 Å². The van der Waals surface area contributed by atoms with Crippen LogP contribution in [-0.2, 0) is 0 Å². The molecule has 0 amide bonds.